The van der Waals surface area contributed by atoms with Gasteiger partial charge in [0.1, 0.15) is 5.75 Å². The first-order valence-electron chi connectivity index (χ1n) is 7.66. The number of benzene rings is 2. The van der Waals surface area contributed by atoms with E-state index >= 15 is 0 Å². The minimum atomic E-state index is -0.174. The molecule has 3 aromatic rings. The van der Waals surface area contributed by atoms with Crippen molar-refractivity contribution in [2.75, 3.05) is 13.7 Å². The third-order valence-corrected chi connectivity index (χ3v) is 3.79. The third kappa shape index (κ3) is 4.36. The average Bonchev–Trinajstić information content (AvgIpc) is 3.11. The zero-order valence-corrected chi connectivity index (χ0v) is 14.3. The van der Waals surface area contributed by atoms with Crippen molar-refractivity contribution >= 4 is 17.5 Å². The quantitative estimate of drug-likeness (QED) is 0.731. The van der Waals surface area contributed by atoms with E-state index in [1.54, 1.807) is 31.4 Å². The van der Waals surface area contributed by atoms with Gasteiger partial charge in [0.15, 0.2) is 0 Å². The van der Waals surface area contributed by atoms with Gasteiger partial charge in [-0.25, -0.2) is 0 Å². The normalized spacial score (nSPS) is 10.5. The van der Waals surface area contributed by atoms with E-state index in [2.05, 4.69) is 15.5 Å². The van der Waals surface area contributed by atoms with Crippen LogP contribution in [0.1, 0.15) is 16.2 Å². The minimum Gasteiger partial charge on any atom is -0.497 e. The monoisotopic (exact) mass is 357 g/mol. The summed E-state index contributed by atoms with van der Waals surface area (Å²) in [5, 5.41) is 11.4. The van der Waals surface area contributed by atoms with Crippen LogP contribution in [0.2, 0.25) is 5.02 Å². The Morgan fingerprint density at radius 2 is 1.84 bits per heavy atom. The van der Waals surface area contributed by atoms with Gasteiger partial charge in [0.05, 0.1) is 7.11 Å². The van der Waals surface area contributed by atoms with E-state index in [0.29, 0.717) is 35.3 Å². The number of carbonyl (C=O) groups excluding carboxylic acids is 1. The van der Waals surface area contributed by atoms with Gasteiger partial charge in [-0.15, -0.1) is 10.2 Å². The predicted molar refractivity (Wildman–Crippen MR) is 93.8 cm³/mol. The fourth-order valence-electron chi connectivity index (χ4n) is 2.19. The maximum atomic E-state index is 12.0. The van der Waals surface area contributed by atoms with E-state index < -0.39 is 0 Å². The van der Waals surface area contributed by atoms with Crippen LogP contribution in [0.4, 0.5) is 0 Å². The maximum Gasteiger partial charge on any atom is 0.251 e. The smallest absolute Gasteiger partial charge is 0.251 e. The van der Waals surface area contributed by atoms with Gasteiger partial charge in [0, 0.05) is 29.1 Å². The summed E-state index contributed by atoms with van der Waals surface area (Å²) in [7, 11) is 1.61. The number of methoxy groups -OCH3 is 1. The first-order valence-corrected chi connectivity index (χ1v) is 8.04. The van der Waals surface area contributed by atoms with Crippen molar-refractivity contribution < 1.29 is 13.9 Å². The average molecular weight is 358 g/mol. The summed E-state index contributed by atoms with van der Waals surface area (Å²) in [5.74, 6) is 1.48. The van der Waals surface area contributed by atoms with Gasteiger partial charge >= 0.3 is 0 Å². The fourth-order valence-corrected chi connectivity index (χ4v) is 2.32. The Morgan fingerprint density at radius 3 is 2.52 bits per heavy atom. The van der Waals surface area contributed by atoms with Crippen molar-refractivity contribution in [3.8, 4) is 17.2 Å². The van der Waals surface area contributed by atoms with Crippen molar-refractivity contribution in [2.24, 2.45) is 0 Å². The molecule has 0 bridgehead atoms. The summed E-state index contributed by atoms with van der Waals surface area (Å²) in [5.41, 5.74) is 1.36. The van der Waals surface area contributed by atoms with Crippen LogP contribution >= 0.6 is 11.6 Å². The number of halogens is 1. The number of hydrogen-bond donors (Lipinski definition) is 1. The van der Waals surface area contributed by atoms with Gasteiger partial charge in [-0.2, -0.15) is 0 Å². The molecule has 0 fully saturated rings. The van der Waals surface area contributed by atoms with E-state index in [1.807, 2.05) is 24.3 Å². The summed E-state index contributed by atoms with van der Waals surface area (Å²) in [6.07, 6.45) is 0.447. The summed E-state index contributed by atoms with van der Waals surface area (Å²) < 4.78 is 10.7. The summed E-state index contributed by atoms with van der Waals surface area (Å²) in [4.78, 5) is 12.0. The summed E-state index contributed by atoms with van der Waals surface area (Å²) >= 11 is 5.80. The molecule has 0 unspecified atom stereocenters. The standard InChI is InChI=1S/C18H16ClN3O3/c1-24-15-8-4-13(5-9-15)18-22-21-16(25-18)10-11-20-17(23)12-2-6-14(19)7-3-12/h2-9H,10-11H2,1H3,(H,20,23). The second-order valence-corrected chi connectivity index (χ2v) is 5.68. The lowest BCUT2D eigenvalue weighted by atomic mass is 10.2. The highest BCUT2D eigenvalue weighted by Gasteiger charge is 2.10. The highest BCUT2D eigenvalue weighted by atomic mass is 35.5. The van der Waals surface area contributed by atoms with E-state index in [4.69, 9.17) is 20.8 Å². The van der Waals surface area contributed by atoms with Crippen LogP contribution in [-0.4, -0.2) is 29.8 Å². The molecule has 1 N–H and O–H groups in total. The number of nitrogens with one attached hydrogen (secondary N) is 1. The van der Waals surface area contributed by atoms with Crippen LogP contribution in [-0.2, 0) is 6.42 Å². The van der Waals surface area contributed by atoms with Gasteiger partial charge in [0.2, 0.25) is 11.8 Å². The van der Waals surface area contributed by atoms with Crippen LogP contribution < -0.4 is 10.1 Å². The Bertz CT molecular complexity index is 845. The first-order chi connectivity index (χ1) is 12.2. The van der Waals surface area contributed by atoms with Crippen LogP contribution in [0.3, 0.4) is 0 Å². The van der Waals surface area contributed by atoms with Crippen LogP contribution in [0.15, 0.2) is 52.9 Å². The number of nitrogens with zero attached hydrogens (tertiary/aromatic N) is 2. The lowest BCUT2D eigenvalue weighted by Gasteiger charge is -2.03. The molecule has 1 heterocycles. The zero-order valence-electron chi connectivity index (χ0n) is 13.5. The number of rotatable bonds is 6. The molecule has 2 aromatic carbocycles. The lowest BCUT2D eigenvalue weighted by Crippen LogP contribution is -2.25. The molecule has 0 aliphatic carbocycles. The van der Waals surface area contributed by atoms with Crippen LogP contribution in [0.5, 0.6) is 5.75 Å². The van der Waals surface area contributed by atoms with Crippen molar-refractivity contribution in [3.05, 3.63) is 65.0 Å². The molecule has 1 aromatic heterocycles. The van der Waals surface area contributed by atoms with Gasteiger partial charge in [-0.05, 0) is 48.5 Å². The fraction of sp³-hybridized carbons (Fsp3) is 0.167. The van der Waals surface area contributed by atoms with E-state index in [0.717, 1.165) is 11.3 Å². The van der Waals surface area contributed by atoms with Crippen molar-refractivity contribution in [1.29, 1.82) is 0 Å². The summed E-state index contributed by atoms with van der Waals surface area (Å²) in [6, 6.07) is 14.0. The third-order valence-electron chi connectivity index (χ3n) is 3.53. The molecule has 128 valence electrons. The Labute approximate surface area is 149 Å². The molecule has 6 nitrogen and oxygen atoms in total. The largest absolute Gasteiger partial charge is 0.497 e. The molecule has 25 heavy (non-hydrogen) atoms. The molecule has 3 rings (SSSR count). The minimum absolute atomic E-state index is 0.174. The number of carbonyl (C=O) groups is 1. The zero-order chi connectivity index (χ0) is 17.6. The van der Waals surface area contributed by atoms with E-state index in [-0.39, 0.29) is 5.91 Å². The molecular weight excluding hydrogens is 342 g/mol. The number of hydrogen-bond acceptors (Lipinski definition) is 5. The highest BCUT2D eigenvalue weighted by molar-refractivity contribution is 6.30. The van der Waals surface area contributed by atoms with Gasteiger partial charge in [0.25, 0.3) is 5.91 Å². The SMILES string of the molecule is COc1ccc(-c2nnc(CCNC(=O)c3ccc(Cl)cc3)o2)cc1. The van der Waals surface area contributed by atoms with Crippen LogP contribution in [0, 0.1) is 0 Å². The molecule has 0 saturated carbocycles. The highest BCUT2D eigenvalue weighted by Crippen LogP contribution is 2.21. The van der Waals surface area contributed by atoms with Crippen LogP contribution in [0.25, 0.3) is 11.5 Å². The Morgan fingerprint density at radius 1 is 1.12 bits per heavy atom. The molecule has 7 heteroatoms. The first kappa shape index (κ1) is 17.0. The molecule has 0 aliphatic heterocycles. The lowest BCUT2D eigenvalue weighted by molar-refractivity contribution is 0.0953. The Balaban J connectivity index is 1.54. The Kier molecular flexibility index (Phi) is 5.30. The topological polar surface area (TPSA) is 77.3 Å². The van der Waals surface area contributed by atoms with Crippen molar-refractivity contribution in [2.45, 2.75) is 6.42 Å². The number of amides is 1. The van der Waals surface area contributed by atoms with Crippen molar-refractivity contribution in [3.63, 3.8) is 0 Å². The second kappa shape index (κ2) is 7.81. The van der Waals surface area contributed by atoms with Gasteiger partial charge < -0.3 is 14.5 Å². The number of aromatic nitrogens is 2. The molecule has 0 saturated heterocycles. The number of ether oxygens (including phenoxy) is 1. The Hall–Kier alpha value is -2.86. The molecule has 0 aliphatic rings. The maximum absolute atomic E-state index is 12.0. The predicted octanol–water partition coefficient (Wildman–Crippen LogP) is 3.37. The van der Waals surface area contributed by atoms with Crippen molar-refractivity contribution in [1.82, 2.24) is 15.5 Å². The van der Waals surface area contributed by atoms with E-state index in [1.165, 1.54) is 0 Å². The molecule has 1 amide bonds. The molecule has 0 radical (unpaired) electrons. The van der Waals surface area contributed by atoms with Gasteiger partial charge in [-0.3, -0.25) is 4.79 Å². The second-order valence-electron chi connectivity index (χ2n) is 5.24. The van der Waals surface area contributed by atoms with E-state index in [9.17, 15) is 4.79 Å². The summed E-state index contributed by atoms with van der Waals surface area (Å²) in [6.45, 7) is 0.395. The molecular formula is C18H16ClN3O3. The molecule has 0 atom stereocenters. The molecule has 0 spiro atoms. The van der Waals surface area contributed by atoms with Gasteiger partial charge in [-0.1, -0.05) is 11.6 Å².